The zero-order valence-corrected chi connectivity index (χ0v) is 19.0. The number of ether oxygens (including phenoxy) is 1. The minimum atomic E-state index is -0.152. The van der Waals surface area contributed by atoms with Crippen molar-refractivity contribution in [2.45, 2.75) is 39.2 Å². The molecule has 1 spiro atoms. The average Bonchev–Trinajstić information content (AvgIpc) is 3.24. The molecule has 0 unspecified atom stereocenters. The van der Waals surface area contributed by atoms with Crippen LogP contribution < -0.4 is 4.90 Å². The lowest BCUT2D eigenvalue weighted by Gasteiger charge is -2.48. The lowest BCUT2D eigenvalue weighted by molar-refractivity contribution is -0.00294. The van der Waals surface area contributed by atoms with Gasteiger partial charge in [-0.15, -0.1) is 0 Å². The van der Waals surface area contributed by atoms with Crippen LogP contribution in [0.25, 0.3) is 11.1 Å². The summed E-state index contributed by atoms with van der Waals surface area (Å²) in [5.41, 5.74) is 3.41. The van der Waals surface area contributed by atoms with Gasteiger partial charge < -0.3 is 14.5 Å². The Balaban J connectivity index is 1.19. The Hall–Kier alpha value is -2.74. The summed E-state index contributed by atoms with van der Waals surface area (Å²) < 4.78 is 5.15. The smallest absolute Gasteiger partial charge is 0.409 e. The number of carbonyl (C=O) groups excluding carboxylic acids is 1. The molecule has 2 aromatic heterocycles. The predicted octanol–water partition coefficient (Wildman–Crippen LogP) is 2.98. The van der Waals surface area contributed by atoms with Crippen LogP contribution in [0.5, 0.6) is 0 Å². The van der Waals surface area contributed by atoms with Gasteiger partial charge >= 0.3 is 6.09 Å². The lowest BCUT2D eigenvalue weighted by atomic mass is 9.78. The Labute approximate surface area is 189 Å². The Morgan fingerprint density at radius 1 is 1.25 bits per heavy atom. The molecule has 2 aliphatic heterocycles. The first-order valence-corrected chi connectivity index (χ1v) is 11.7. The van der Waals surface area contributed by atoms with Gasteiger partial charge in [0.25, 0.3) is 0 Å². The number of hydrogen-bond acceptors (Lipinski definition) is 7. The first-order valence-electron chi connectivity index (χ1n) is 11.7. The number of hydrogen-bond donors (Lipinski definition) is 0. The number of rotatable bonds is 4. The van der Waals surface area contributed by atoms with E-state index in [1.807, 2.05) is 37.2 Å². The zero-order valence-electron chi connectivity index (χ0n) is 19.0. The van der Waals surface area contributed by atoms with Crippen LogP contribution in [0.1, 0.15) is 31.9 Å². The fraction of sp³-hybridized carbons (Fsp3) is 0.583. The molecule has 0 radical (unpaired) electrons. The van der Waals surface area contributed by atoms with E-state index in [-0.39, 0.29) is 6.09 Å². The lowest BCUT2D eigenvalue weighted by Crippen LogP contribution is -2.58. The van der Waals surface area contributed by atoms with Gasteiger partial charge in [-0.3, -0.25) is 4.90 Å². The largest absolute Gasteiger partial charge is 0.450 e. The molecule has 5 rings (SSSR count). The molecular weight excluding hydrogens is 404 g/mol. The van der Waals surface area contributed by atoms with Crippen molar-refractivity contribution in [3.05, 3.63) is 36.3 Å². The topological polar surface area (TPSA) is 74.7 Å². The van der Waals surface area contributed by atoms with Crippen LogP contribution in [-0.2, 0) is 4.74 Å². The second-order valence-corrected chi connectivity index (χ2v) is 9.43. The second kappa shape index (κ2) is 8.65. The van der Waals surface area contributed by atoms with Crippen molar-refractivity contribution >= 4 is 11.9 Å². The van der Waals surface area contributed by atoms with E-state index in [2.05, 4.69) is 32.1 Å². The van der Waals surface area contributed by atoms with Crippen molar-refractivity contribution in [1.82, 2.24) is 25.0 Å². The molecule has 4 heterocycles. The number of amides is 1. The van der Waals surface area contributed by atoms with E-state index < -0.39 is 0 Å². The van der Waals surface area contributed by atoms with E-state index >= 15 is 0 Å². The normalized spacial score (nSPS) is 22.8. The van der Waals surface area contributed by atoms with Gasteiger partial charge in [0.1, 0.15) is 5.82 Å². The molecule has 8 heteroatoms. The number of aryl methyl sites for hydroxylation is 1. The molecule has 170 valence electrons. The fourth-order valence-corrected chi connectivity index (χ4v) is 5.68. The molecular formula is C24H32N6O2. The van der Waals surface area contributed by atoms with Crippen molar-refractivity contribution in [3.63, 3.8) is 0 Å². The average molecular weight is 437 g/mol. The second-order valence-electron chi connectivity index (χ2n) is 9.43. The van der Waals surface area contributed by atoms with Crippen LogP contribution in [0, 0.1) is 12.3 Å². The van der Waals surface area contributed by atoms with Gasteiger partial charge in [0.2, 0.25) is 0 Å². The molecule has 3 fully saturated rings. The molecule has 2 saturated heterocycles. The maximum atomic E-state index is 11.9. The van der Waals surface area contributed by atoms with Crippen molar-refractivity contribution in [3.8, 4) is 11.1 Å². The van der Waals surface area contributed by atoms with Crippen LogP contribution in [0.4, 0.5) is 10.6 Å². The number of piperazine rings is 1. The summed E-state index contributed by atoms with van der Waals surface area (Å²) in [4.78, 5) is 23.6. The molecule has 3 aliphatic rings. The van der Waals surface area contributed by atoms with Crippen LogP contribution >= 0.6 is 0 Å². The molecule has 8 nitrogen and oxygen atoms in total. The minimum absolute atomic E-state index is 0.152. The van der Waals surface area contributed by atoms with Gasteiger partial charge in [-0.2, -0.15) is 10.2 Å². The summed E-state index contributed by atoms with van der Waals surface area (Å²) in [5.74, 6) is 1.03. The quantitative estimate of drug-likeness (QED) is 0.729. The molecule has 1 atom stereocenters. The monoisotopic (exact) mass is 436 g/mol. The van der Waals surface area contributed by atoms with Crippen LogP contribution in [0.15, 0.2) is 30.6 Å². The third-order valence-electron chi connectivity index (χ3n) is 7.26. The van der Waals surface area contributed by atoms with Crippen LogP contribution in [-0.4, -0.2) is 83.0 Å². The molecule has 1 saturated carbocycles. The molecule has 1 aliphatic carbocycles. The van der Waals surface area contributed by atoms with Gasteiger partial charge in [-0.05, 0) is 51.3 Å². The Morgan fingerprint density at radius 2 is 2.06 bits per heavy atom. The molecule has 0 aromatic carbocycles. The highest BCUT2D eigenvalue weighted by Crippen LogP contribution is 2.47. The van der Waals surface area contributed by atoms with Crippen molar-refractivity contribution in [2.24, 2.45) is 5.41 Å². The highest BCUT2D eigenvalue weighted by atomic mass is 16.6. The van der Waals surface area contributed by atoms with Gasteiger partial charge in [0.05, 0.1) is 18.5 Å². The standard InChI is InChI=1S/C24H32N6O2/c1-3-32-23(31)30-16-24(17-30)7-6-20(14-24)28-9-11-29(12-10-28)22-21(5-4-8-25-22)19-13-18(2)27-26-15-19/h4-5,8,13,15,20H,3,6-7,9-12,14,16-17H2,1-2H3/t20-/m1/s1. The molecule has 32 heavy (non-hydrogen) atoms. The highest BCUT2D eigenvalue weighted by Gasteiger charge is 2.51. The number of likely N-dealkylation sites (tertiary alicyclic amines) is 1. The van der Waals surface area contributed by atoms with Crippen LogP contribution in [0.2, 0.25) is 0 Å². The summed E-state index contributed by atoms with van der Waals surface area (Å²) in [5, 5.41) is 8.22. The number of carbonyl (C=O) groups is 1. The summed E-state index contributed by atoms with van der Waals surface area (Å²) in [6, 6.07) is 6.80. The van der Waals surface area contributed by atoms with E-state index in [1.165, 1.54) is 19.3 Å². The number of pyridine rings is 1. The number of anilines is 1. The highest BCUT2D eigenvalue weighted by molar-refractivity contribution is 5.75. The maximum Gasteiger partial charge on any atom is 0.409 e. The third kappa shape index (κ3) is 4.03. The van der Waals surface area contributed by atoms with Crippen molar-refractivity contribution in [1.29, 1.82) is 0 Å². The summed E-state index contributed by atoms with van der Waals surface area (Å²) in [6.45, 7) is 10.0. The van der Waals surface area contributed by atoms with E-state index in [9.17, 15) is 4.79 Å². The summed E-state index contributed by atoms with van der Waals surface area (Å²) >= 11 is 0. The maximum absolute atomic E-state index is 11.9. The zero-order chi connectivity index (χ0) is 22.1. The predicted molar refractivity (Wildman–Crippen MR) is 122 cm³/mol. The molecule has 0 N–H and O–H groups in total. The first kappa shape index (κ1) is 21.1. The SMILES string of the molecule is CCOC(=O)N1CC2(CC[C@@H](N3CCN(c4ncccc4-c4cnnc(C)c4)CC3)C2)C1. The summed E-state index contributed by atoms with van der Waals surface area (Å²) in [7, 11) is 0. The Bertz CT molecular complexity index is 968. The van der Waals surface area contributed by atoms with E-state index in [0.29, 0.717) is 18.1 Å². The third-order valence-corrected chi connectivity index (χ3v) is 7.26. The first-order chi connectivity index (χ1) is 15.6. The molecule has 2 aromatic rings. The molecule has 1 amide bonds. The van der Waals surface area contributed by atoms with Gasteiger partial charge in [-0.25, -0.2) is 9.78 Å². The van der Waals surface area contributed by atoms with E-state index in [0.717, 1.165) is 61.9 Å². The van der Waals surface area contributed by atoms with E-state index in [1.54, 1.807) is 0 Å². The van der Waals surface area contributed by atoms with Gasteiger partial charge in [0, 0.05) is 68.0 Å². The Kier molecular flexibility index (Phi) is 5.71. The van der Waals surface area contributed by atoms with Gasteiger partial charge in [-0.1, -0.05) is 0 Å². The minimum Gasteiger partial charge on any atom is -0.450 e. The van der Waals surface area contributed by atoms with E-state index in [4.69, 9.17) is 9.72 Å². The van der Waals surface area contributed by atoms with Crippen LogP contribution in [0.3, 0.4) is 0 Å². The summed E-state index contributed by atoms with van der Waals surface area (Å²) in [6.07, 6.45) is 7.18. The number of aromatic nitrogens is 3. The number of nitrogens with zero attached hydrogens (tertiary/aromatic N) is 6. The van der Waals surface area contributed by atoms with Crippen molar-refractivity contribution < 1.29 is 9.53 Å². The fourth-order valence-electron chi connectivity index (χ4n) is 5.68. The van der Waals surface area contributed by atoms with Gasteiger partial charge in [0.15, 0.2) is 0 Å². The Morgan fingerprint density at radius 3 is 2.81 bits per heavy atom. The van der Waals surface area contributed by atoms with Crippen molar-refractivity contribution in [2.75, 3.05) is 50.8 Å². The molecule has 0 bridgehead atoms.